The van der Waals surface area contributed by atoms with Gasteiger partial charge in [0, 0.05) is 10.7 Å². The summed E-state index contributed by atoms with van der Waals surface area (Å²) < 4.78 is 10.6. The summed E-state index contributed by atoms with van der Waals surface area (Å²) in [5.74, 6) is 0.579. The van der Waals surface area contributed by atoms with Crippen molar-refractivity contribution < 1.29 is 13.6 Å². The fraction of sp³-hybridized carbons (Fsp3) is 0.133. The van der Waals surface area contributed by atoms with E-state index in [4.69, 9.17) is 20.4 Å². The second kappa shape index (κ2) is 6.89. The van der Waals surface area contributed by atoms with E-state index in [1.54, 1.807) is 43.3 Å². The first-order valence-electron chi connectivity index (χ1n) is 6.72. The Hall–Kier alpha value is -2.25. The van der Waals surface area contributed by atoms with Crippen LogP contribution in [0.1, 0.15) is 6.92 Å². The predicted octanol–water partition coefficient (Wildman–Crippen LogP) is 4.10. The number of furan rings is 1. The molecule has 118 valence electrons. The SMILES string of the molecule is C[C@@H](Sc1nnc(-c2ccco2)o1)C(=O)Nc1cccc(Cl)c1. The molecule has 1 aromatic carbocycles. The highest BCUT2D eigenvalue weighted by Gasteiger charge is 2.19. The van der Waals surface area contributed by atoms with Crippen molar-refractivity contribution in [1.29, 1.82) is 0 Å². The standard InChI is InChI=1S/C15H12ClN3O3S/c1-9(13(20)17-11-5-2-4-10(16)8-11)23-15-19-18-14(22-15)12-6-3-7-21-12/h2-9H,1H3,(H,17,20)/t9-/m1/s1. The molecule has 0 unspecified atom stereocenters. The molecule has 6 nitrogen and oxygen atoms in total. The van der Waals surface area contributed by atoms with Gasteiger partial charge in [-0.2, -0.15) is 0 Å². The van der Waals surface area contributed by atoms with Crippen LogP contribution in [0.15, 0.2) is 56.7 Å². The number of carbonyl (C=O) groups excluding carboxylic acids is 1. The van der Waals surface area contributed by atoms with Gasteiger partial charge in [0.1, 0.15) is 0 Å². The lowest BCUT2D eigenvalue weighted by atomic mass is 10.3. The highest BCUT2D eigenvalue weighted by atomic mass is 35.5. The van der Waals surface area contributed by atoms with E-state index >= 15 is 0 Å². The van der Waals surface area contributed by atoms with Gasteiger partial charge in [-0.05, 0) is 37.3 Å². The summed E-state index contributed by atoms with van der Waals surface area (Å²) in [6, 6.07) is 10.4. The average molecular weight is 350 g/mol. The van der Waals surface area contributed by atoms with Crippen LogP contribution in [-0.2, 0) is 4.79 Å². The fourth-order valence-corrected chi connectivity index (χ4v) is 2.65. The van der Waals surface area contributed by atoms with E-state index in [2.05, 4.69) is 15.5 Å². The molecule has 0 saturated heterocycles. The molecule has 2 heterocycles. The molecule has 0 aliphatic heterocycles. The maximum atomic E-state index is 12.2. The minimum atomic E-state index is -0.418. The van der Waals surface area contributed by atoms with Crippen LogP contribution < -0.4 is 5.32 Å². The van der Waals surface area contributed by atoms with E-state index in [0.29, 0.717) is 21.7 Å². The molecule has 0 saturated carbocycles. The number of nitrogens with one attached hydrogen (secondary N) is 1. The maximum Gasteiger partial charge on any atom is 0.284 e. The number of benzene rings is 1. The zero-order valence-corrected chi connectivity index (χ0v) is 13.6. The summed E-state index contributed by atoms with van der Waals surface area (Å²) in [6.45, 7) is 1.75. The number of aromatic nitrogens is 2. The number of anilines is 1. The lowest BCUT2D eigenvalue weighted by molar-refractivity contribution is -0.115. The number of halogens is 1. The summed E-state index contributed by atoms with van der Waals surface area (Å²) in [5.41, 5.74) is 0.636. The first-order valence-corrected chi connectivity index (χ1v) is 7.98. The minimum absolute atomic E-state index is 0.185. The second-order valence-corrected chi connectivity index (χ2v) is 6.34. The summed E-state index contributed by atoms with van der Waals surface area (Å²) in [4.78, 5) is 12.2. The number of nitrogens with zero attached hydrogens (tertiary/aromatic N) is 2. The highest BCUT2D eigenvalue weighted by molar-refractivity contribution is 8.00. The van der Waals surface area contributed by atoms with Crippen LogP contribution in [0.2, 0.25) is 5.02 Å². The lowest BCUT2D eigenvalue weighted by Crippen LogP contribution is -2.22. The third-order valence-corrected chi connectivity index (χ3v) is 4.05. The largest absolute Gasteiger partial charge is 0.459 e. The van der Waals surface area contributed by atoms with Gasteiger partial charge >= 0.3 is 0 Å². The summed E-state index contributed by atoms with van der Waals surface area (Å²) in [7, 11) is 0. The summed E-state index contributed by atoms with van der Waals surface area (Å²) in [5, 5.41) is 11.0. The van der Waals surface area contributed by atoms with Gasteiger partial charge in [-0.1, -0.05) is 29.4 Å². The van der Waals surface area contributed by atoms with Crippen molar-refractivity contribution in [3.8, 4) is 11.7 Å². The van der Waals surface area contributed by atoms with Crippen molar-refractivity contribution in [1.82, 2.24) is 10.2 Å². The Labute approximate surface area is 141 Å². The molecule has 0 bridgehead atoms. The van der Waals surface area contributed by atoms with Crippen LogP contribution in [0.5, 0.6) is 0 Å². The van der Waals surface area contributed by atoms with Crippen molar-refractivity contribution in [2.24, 2.45) is 0 Å². The first-order chi connectivity index (χ1) is 11.1. The highest BCUT2D eigenvalue weighted by Crippen LogP contribution is 2.27. The van der Waals surface area contributed by atoms with E-state index in [1.807, 2.05) is 0 Å². The van der Waals surface area contributed by atoms with Gasteiger partial charge in [0.25, 0.3) is 11.1 Å². The molecule has 1 amide bonds. The number of hydrogen-bond acceptors (Lipinski definition) is 6. The van der Waals surface area contributed by atoms with Gasteiger partial charge in [-0.15, -0.1) is 10.2 Å². The molecule has 2 aromatic heterocycles. The Morgan fingerprint density at radius 3 is 2.91 bits per heavy atom. The topological polar surface area (TPSA) is 81.2 Å². The number of rotatable bonds is 5. The first kappa shape index (κ1) is 15.6. The molecule has 0 fully saturated rings. The monoisotopic (exact) mass is 349 g/mol. The number of carbonyl (C=O) groups is 1. The molecule has 0 aliphatic carbocycles. The third kappa shape index (κ3) is 3.94. The molecular weight excluding hydrogens is 338 g/mol. The maximum absolute atomic E-state index is 12.2. The van der Waals surface area contributed by atoms with Gasteiger partial charge in [0.05, 0.1) is 11.5 Å². The van der Waals surface area contributed by atoms with Crippen molar-refractivity contribution in [3.63, 3.8) is 0 Å². The van der Waals surface area contributed by atoms with E-state index in [1.165, 1.54) is 18.0 Å². The van der Waals surface area contributed by atoms with Gasteiger partial charge in [-0.25, -0.2) is 0 Å². The molecule has 1 N–H and O–H groups in total. The number of thioether (sulfide) groups is 1. The zero-order chi connectivity index (χ0) is 16.2. The average Bonchev–Trinajstić information content (AvgIpc) is 3.17. The van der Waals surface area contributed by atoms with E-state index in [9.17, 15) is 4.79 Å². The fourth-order valence-electron chi connectivity index (χ4n) is 1.77. The molecule has 8 heteroatoms. The second-order valence-electron chi connectivity index (χ2n) is 4.61. The molecule has 0 radical (unpaired) electrons. The Kier molecular flexibility index (Phi) is 4.68. The minimum Gasteiger partial charge on any atom is -0.459 e. The molecule has 0 spiro atoms. The van der Waals surface area contributed by atoms with Crippen LogP contribution in [0.4, 0.5) is 5.69 Å². The molecule has 3 rings (SSSR count). The molecule has 23 heavy (non-hydrogen) atoms. The van der Waals surface area contributed by atoms with Gasteiger partial charge in [-0.3, -0.25) is 4.79 Å². The van der Waals surface area contributed by atoms with E-state index in [0.717, 1.165) is 0 Å². The van der Waals surface area contributed by atoms with Crippen LogP contribution in [0.25, 0.3) is 11.7 Å². The molecule has 1 atom stereocenters. The summed E-state index contributed by atoms with van der Waals surface area (Å²) in [6.07, 6.45) is 1.52. The van der Waals surface area contributed by atoms with Gasteiger partial charge < -0.3 is 14.2 Å². The van der Waals surface area contributed by atoms with Gasteiger partial charge in [0.2, 0.25) is 5.91 Å². The van der Waals surface area contributed by atoms with Crippen LogP contribution in [0, 0.1) is 0 Å². The Morgan fingerprint density at radius 1 is 1.30 bits per heavy atom. The van der Waals surface area contributed by atoms with Crippen molar-refractivity contribution in [2.75, 3.05) is 5.32 Å². The predicted molar refractivity (Wildman–Crippen MR) is 87.4 cm³/mol. The van der Waals surface area contributed by atoms with Crippen LogP contribution >= 0.6 is 23.4 Å². The quantitative estimate of drug-likeness (QED) is 0.698. The summed E-state index contributed by atoms with van der Waals surface area (Å²) >= 11 is 7.06. The Morgan fingerprint density at radius 2 is 2.17 bits per heavy atom. The smallest absolute Gasteiger partial charge is 0.284 e. The Balaban J connectivity index is 1.62. The molecule has 3 aromatic rings. The number of hydrogen-bond donors (Lipinski definition) is 1. The van der Waals surface area contributed by atoms with Crippen molar-refractivity contribution in [2.45, 2.75) is 17.4 Å². The van der Waals surface area contributed by atoms with Crippen molar-refractivity contribution in [3.05, 3.63) is 47.7 Å². The zero-order valence-electron chi connectivity index (χ0n) is 12.0. The Bertz CT molecular complexity index is 804. The normalized spacial score (nSPS) is 12.1. The van der Waals surface area contributed by atoms with Crippen LogP contribution in [0.3, 0.4) is 0 Å². The van der Waals surface area contributed by atoms with Gasteiger partial charge in [0.15, 0.2) is 5.76 Å². The molecule has 0 aliphatic rings. The van der Waals surface area contributed by atoms with Crippen LogP contribution in [-0.4, -0.2) is 21.4 Å². The molecular formula is C15H12ClN3O3S. The van der Waals surface area contributed by atoms with Crippen molar-refractivity contribution >= 4 is 35.0 Å². The number of amides is 1. The van der Waals surface area contributed by atoms with E-state index in [-0.39, 0.29) is 11.8 Å². The third-order valence-electron chi connectivity index (χ3n) is 2.88. The van der Waals surface area contributed by atoms with E-state index < -0.39 is 5.25 Å². The lowest BCUT2D eigenvalue weighted by Gasteiger charge is -2.09.